The maximum atomic E-state index is 12.1. The van der Waals surface area contributed by atoms with Crippen LogP contribution in [0.3, 0.4) is 0 Å². The van der Waals surface area contributed by atoms with Crippen molar-refractivity contribution in [1.82, 2.24) is 9.97 Å². The molecule has 0 amide bonds. The molecule has 0 unspecified atom stereocenters. The van der Waals surface area contributed by atoms with Gasteiger partial charge in [0.2, 0.25) is 0 Å². The van der Waals surface area contributed by atoms with E-state index < -0.39 is 6.10 Å². The van der Waals surface area contributed by atoms with Gasteiger partial charge in [-0.2, -0.15) is 0 Å². The number of para-hydroxylation sites is 1. The van der Waals surface area contributed by atoms with Crippen molar-refractivity contribution in [3.05, 3.63) is 68.1 Å². The molecule has 0 saturated carbocycles. The van der Waals surface area contributed by atoms with Crippen LogP contribution in [0.15, 0.2) is 51.7 Å². The molecule has 0 aliphatic heterocycles. The van der Waals surface area contributed by atoms with Gasteiger partial charge in [-0.1, -0.05) is 23.7 Å². The minimum absolute atomic E-state index is 0.175. The number of hydrogen-bond acceptors (Lipinski definition) is 3. The van der Waals surface area contributed by atoms with Crippen molar-refractivity contribution in [2.75, 3.05) is 0 Å². The van der Waals surface area contributed by atoms with E-state index >= 15 is 0 Å². The van der Waals surface area contributed by atoms with Crippen molar-refractivity contribution in [3.63, 3.8) is 0 Å². The Balaban J connectivity index is 1.95. The molecule has 4 nitrogen and oxygen atoms in total. The minimum atomic E-state index is -0.408. The van der Waals surface area contributed by atoms with Gasteiger partial charge in [0.05, 0.1) is 15.4 Å². The lowest BCUT2D eigenvalue weighted by atomic mass is 10.2. The molecule has 22 heavy (non-hydrogen) atoms. The predicted octanol–water partition coefficient (Wildman–Crippen LogP) is 4.48. The first kappa shape index (κ1) is 15.1. The molecule has 0 radical (unpaired) electrons. The quantitative estimate of drug-likeness (QED) is 0.730. The maximum Gasteiger partial charge on any atom is 0.258 e. The number of aromatic nitrogens is 2. The molecule has 3 rings (SSSR count). The molecule has 3 aromatic rings. The molecular formula is C16H12BrClN2O2. The van der Waals surface area contributed by atoms with Gasteiger partial charge in [0.15, 0.2) is 11.9 Å². The first-order chi connectivity index (χ1) is 10.5. The average molecular weight is 380 g/mol. The number of ether oxygens (including phenoxy) is 1. The summed E-state index contributed by atoms with van der Waals surface area (Å²) in [5, 5.41) is 1.18. The second kappa shape index (κ2) is 6.10. The highest BCUT2D eigenvalue weighted by molar-refractivity contribution is 9.10. The molecule has 2 aromatic carbocycles. The summed E-state index contributed by atoms with van der Waals surface area (Å²) >= 11 is 9.31. The number of rotatable bonds is 3. The number of nitrogens with zero attached hydrogens (tertiary/aromatic N) is 1. The number of H-pyrrole nitrogens is 1. The Labute approximate surface area is 140 Å². The molecule has 112 valence electrons. The highest BCUT2D eigenvalue weighted by Gasteiger charge is 2.14. The van der Waals surface area contributed by atoms with Gasteiger partial charge in [-0.05, 0) is 53.2 Å². The fraction of sp³-hybridized carbons (Fsp3) is 0.125. The molecule has 0 fully saturated rings. The first-order valence-electron chi connectivity index (χ1n) is 6.65. The lowest BCUT2D eigenvalue weighted by Crippen LogP contribution is -2.16. The first-order valence-corrected chi connectivity index (χ1v) is 7.82. The van der Waals surface area contributed by atoms with Crippen LogP contribution in [0, 0.1) is 0 Å². The molecule has 1 heterocycles. The third-order valence-electron chi connectivity index (χ3n) is 3.21. The number of hydrogen-bond donors (Lipinski definition) is 1. The lowest BCUT2D eigenvalue weighted by molar-refractivity contribution is 0.215. The van der Waals surface area contributed by atoms with E-state index in [1.54, 1.807) is 30.3 Å². The summed E-state index contributed by atoms with van der Waals surface area (Å²) in [5.41, 5.74) is 0.470. The Morgan fingerprint density at radius 1 is 1.27 bits per heavy atom. The summed E-state index contributed by atoms with van der Waals surface area (Å²) in [7, 11) is 0. The van der Waals surface area contributed by atoms with Crippen LogP contribution in [-0.4, -0.2) is 9.97 Å². The summed E-state index contributed by atoms with van der Waals surface area (Å²) in [5.74, 6) is 1.11. The van der Waals surface area contributed by atoms with Crippen LogP contribution < -0.4 is 10.3 Å². The van der Waals surface area contributed by atoms with Crippen molar-refractivity contribution < 1.29 is 4.74 Å². The zero-order chi connectivity index (χ0) is 15.7. The largest absolute Gasteiger partial charge is 0.482 e. The molecular weight excluding hydrogens is 368 g/mol. The minimum Gasteiger partial charge on any atom is -0.482 e. The van der Waals surface area contributed by atoms with Crippen LogP contribution >= 0.6 is 27.5 Å². The van der Waals surface area contributed by atoms with Gasteiger partial charge in [0, 0.05) is 5.02 Å². The predicted molar refractivity (Wildman–Crippen MR) is 90.6 cm³/mol. The SMILES string of the molecule is C[C@@H](Oc1ccc(Cl)cc1Br)c1nc2ccccc2c(=O)[nH]1. The van der Waals surface area contributed by atoms with E-state index in [0.717, 1.165) is 4.47 Å². The fourth-order valence-electron chi connectivity index (χ4n) is 2.11. The average Bonchev–Trinajstić information content (AvgIpc) is 2.50. The normalized spacial score (nSPS) is 12.3. The number of nitrogens with one attached hydrogen (secondary N) is 1. The van der Waals surface area contributed by atoms with Crippen molar-refractivity contribution >= 4 is 38.4 Å². The van der Waals surface area contributed by atoms with Crippen molar-refractivity contribution in [2.24, 2.45) is 0 Å². The van der Waals surface area contributed by atoms with E-state index in [0.29, 0.717) is 27.5 Å². The number of fused-ring (bicyclic) bond motifs is 1. The lowest BCUT2D eigenvalue weighted by Gasteiger charge is -2.15. The topological polar surface area (TPSA) is 55.0 Å². The molecule has 6 heteroatoms. The van der Waals surface area contributed by atoms with Gasteiger partial charge in [-0.15, -0.1) is 0 Å². The third kappa shape index (κ3) is 3.00. The van der Waals surface area contributed by atoms with Crippen molar-refractivity contribution in [3.8, 4) is 5.75 Å². The highest BCUT2D eigenvalue weighted by atomic mass is 79.9. The monoisotopic (exact) mass is 378 g/mol. The Hall–Kier alpha value is -1.85. The van der Waals surface area contributed by atoms with Crippen molar-refractivity contribution in [1.29, 1.82) is 0 Å². The van der Waals surface area contributed by atoms with E-state index in [9.17, 15) is 4.79 Å². The fourth-order valence-corrected chi connectivity index (χ4v) is 2.89. The summed E-state index contributed by atoms with van der Waals surface area (Å²) < 4.78 is 6.60. The summed E-state index contributed by atoms with van der Waals surface area (Å²) in [4.78, 5) is 19.3. The van der Waals surface area contributed by atoms with E-state index in [2.05, 4.69) is 25.9 Å². The zero-order valence-corrected chi connectivity index (χ0v) is 14.0. The van der Waals surface area contributed by atoms with Gasteiger partial charge in [-0.25, -0.2) is 4.98 Å². The smallest absolute Gasteiger partial charge is 0.258 e. The molecule has 0 spiro atoms. The Morgan fingerprint density at radius 3 is 2.82 bits per heavy atom. The van der Waals surface area contributed by atoms with Crippen LogP contribution in [-0.2, 0) is 0 Å². The van der Waals surface area contributed by atoms with Gasteiger partial charge in [0.1, 0.15) is 5.75 Å². The third-order valence-corrected chi connectivity index (χ3v) is 4.07. The number of benzene rings is 2. The van der Waals surface area contributed by atoms with E-state index in [4.69, 9.17) is 16.3 Å². The van der Waals surface area contributed by atoms with Crippen molar-refractivity contribution in [2.45, 2.75) is 13.0 Å². The number of aromatic amines is 1. The molecule has 0 aliphatic rings. The molecule has 0 aliphatic carbocycles. The van der Waals surface area contributed by atoms with Gasteiger partial charge in [-0.3, -0.25) is 4.79 Å². The van der Waals surface area contributed by atoms with Crippen LogP contribution in [0.2, 0.25) is 5.02 Å². The standard InChI is InChI=1S/C16H12BrClN2O2/c1-9(22-14-7-6-10(18)8-12(14)17)15-19-13-5-3-2-4-11(13)16(21)20-15/h2-9H,1H3,(H,19,20,21)/t9-/m1/s1. The van der Waals surface area contributed by atoms with Crippen LogP contribution in [0.5, 0.6) is 5.75 Å². The van der Waals surface area contributed by atoms with Crippen LogP contribution in [0.25, 0.3) is 10.9 Å². The van der Waals surface area contributed by atoms with Gasteiger partial charge < -0.3 is 9.72 Å². The Kier molecular flexibility index (Phi) is 4.18. The molecule has 0 saturated heterocycles. The second-order valence-electron chi connectivity index (χ2n) is 4.80. The molecule has 1 aromatic heterocycles. The van der Waals surface area contributed by atoms with Gasteiger partial charge in [0.25, 0.3) is 5.56 Å². The highest BCUT2D eigenvalue weighted by Crippen LogP contribution is 2.31. The zero-order valence-electron chi connectivity index (χ0n) is 11.6. The molecule has 1 atom stereocenters. The van der Waals surface area contributed by atoms with E-state index in [1.165, 1.54) is 0 Å². The Morgan fingerprint density at radius 2 is 2.05 bits per heavy atom. The Bertz CT molecular complexity index is 895. The van der Waals surface area contributed by atoms with Crippen LogP contribution in [0.4, 0.5) is 0 Å². The summed E-state index contributed by atoms with van der Waals surface area (Å²) in [6.07, 6.45) is -0.408. The van der Waals surface area contributed by atoms with Crippen LogP contribution in [0.1, 0.15) is 18.9 Å². The summed E-state index contributed by atoms with van der Waals surface area (Å²) in [6.45, 7) is 1.83. The molecule has 0 bridgehead atoms. The van der Waals surface area contributed by atoms with Gasteiger partial charge >= 0.3 is 0 Å². The van der Waals surface area contributed by atoms with E-state index in [-0.39, 0.29) is 5.56 Å². The molecule has 1 N–H and O–H groups in total. The second-order valence-corrected chi connectivity index (χ2v) is 6.09. The number of halogens is 2. The maximum absolute atomic E-state index is 12.1. The van der Waals surface area contributed by atoms with E-state index in [1.807, 2.05) is 19.1 Å². The summed E-state index contributed by atoms with van der Waals surface area (Å²) in [6, 6.07) is 12.5.